The number of hydrogen-bond acceptors (Lipinski definition) is 4. The zero-order chi connectivity index (χ0) is 21.2. The van der Waals surface area contributed by atoms with E-state index in [9.17, 15) is 22.0 Å². The average Bonchev–Trinajstić information content (AvgIpc) is 2.69. The third kappa shape index (κ3) is 4.36. The summed E-state index contributed by atoms with van der Waals surface area (Å²) in [4.78, 5) is 13.8. The van der Waals surface area contributed by atoms with Crippen LogP contribution in [-0.4, -0.2) is 49.3 Å². The predicted octanol–water partition coefficient (Wildman–Crippen LogP) is 2.76. The smallest absolute Gasteiger partial charge is 0.322 e. The number of halogens is 2. The maximum Gasteiger partial charge on any atom is 0.322 e. The normalized spacial score (nSPS) is 17.6. The molecule has 2 aromatic carbocycles. The topological polar surface area (TPSA) is 93.5 Å². The molecular weight excluding hydrogens is 402 g/mol. The molecule has 1 aliphatic rings. The molecule has 10 heteroatoms. The van der Waals surface area contributed by atoms with Gasteiger partial charge in [-0.05, 0) is 37.3 Å². The van der Waals surface area contributed by atoms with Crippen molar-refractivity contribution in [3.05, 3.63) is 59.7 Å². The number of carbonyl (C=O) groups is 1. The Morgan fingerprint density at radius 1 is 1.21 bits per heavy atom. The fourth-order valence-electron chi connectivity index (χ4n) is 3.13. The van der Waals surface area contributed by atoms with Crippen LogP contribution in [-0.2, 0) is 10.0 Å². The van der Waals surface area contributed by atoms with Crippen LogP contribution in [0, 0.1) is 23.0 Å². The van der Waals surface area contributed by atoms with E-state index >= 15 is 0 Å². The lowest BCUT2D eigenvalue weighted by molar-refractivity contribution is 0.157. The number of urea groups is 1. The molecule has 0 bridgehead atoms. The number of amides is 2. The van der Waals surface area contributed by atoms with Gasteiger partial charge in [-0.15, -0.1) is 0 Å². The van der Waals surface area contributed by atoms with E-state index in [0.29, 0.717) is 6.07 Å². The molecule has 1 saturated heterocycles. The van der Waals surface area contributed by atoms with Gasteiger partial charge < -0.3 is 10.2 Å². The van der Waals surface area contributed by atoms with Gasteiger partial charge in [-0.1, -0.05) is 6.07 Å². The van der Waals surface area contributed by atoms with Gasteiger partial charge in [0.1, 0.15) is 11.6 Å². The molecule has 1 N–H and O–H groups in total. The van der Waals surface area contributed by atoms with Crippen LogP contribution in [0.1, 0.15) is 12.5 Å². The highest BCUT2D eigenvalue weighted by Crippen LogP contribution is 2.23. The van der Waals surface area contributed by atoms with Gasteiger partial charge in [0.25, 0.3) is 0 Å². The van der Waals surface area contributed by atoms with Crippen molar-refractivity contribution in [2.75, 3.05) is 25.0 Å². The maximum atomic E-state index is 13.7. The first kappa shape index (κ1) is 20.7. The fourth-order valence-corrected chi connectivity index (χ4v) is 4.79. The lowest BCUT2D eigenvalue weighted by Gasteiger charge is -2.38. The van der Waals surface area contributed by atoms with Crippen LogP contribution in [0.2, 0.25) is 0 Å². The highest BCUT2D eigenvalue weighted by molar-refractivity contribution is 7.89. The summed E-state index contributed by atoms with van der Waals surface area (Å²) in [5, 5.41) is 11.4. The Bertz CT molecular complexity index is 1090. The highest BCUT2D eigenvalue weighted by Gasteiger charge is 2.35. The molecule has 0 unspecified atom stereocenters. The van der Waals surface area contributed by atoms with Crippen LogP contribution in [0.4, 0.5) is 19.3 Å². The summed E-state index contributed by atoms with van der Waals surface area (Å²) in [6.45, 7) is 1.88. The molecule has 2 aromatic rings. The first-order valence-electron chi connectivity index (χ1n) is 8.75. The number of nitrogens with one attached hydrogen (secondary N) is 1. The molecule has 152 valence electrons. The summed E-state index contributed by atoms with van der Waals surface area (Å²) in [7, 11) is -3.84. The zero-order valence-corrected chi connectivity index (χ0v) is 16.3. The Morgan fingerprint density at radius 3 is 2.62 bits per heavy atom. The van der Waals surface area contributed by atoms with E-state index in [4.69, 9.17) is 5.26 Å². The van der Waals surface area contributed by atoms with Crippen molar-refractivity contribution in [2.24, 2.45) is 0 Å². The van der Waals surface area contributed by atoms with E-state index in [0.717, 1.165) is 12.1 Å². The van der Waals surface area contributed by atoms with Crippen LogP contribution < -0.4 is 5.32 Å². The average molecular weight is 420 g/mol. The lowest BCUT2D eigenvalue weighted by Crippen LogP contribution is -2.56. The van der Waals surface area contributed by atoms with Gasteiger partial charge in [0.05, 0.1) is 22.2 Å². The van der Waals surface area contributed by atoms with Crippen molar-refractivity contribution in [2.45, 2.75) is 17.9 Å². The van der Waals surface area contributed by atoms with Crippen molar-refractivity contribution < 1.29 is 22.0 Å². The number of hydrogen-bond donors (Lipinski definition) is 1. The van der Waals surface area contributed by atoms with Gasteiger partial charge in [-0.2, -0.15) is 9.57 Å². The Hall–Kier alpha value is -3.03. The molecule has 29 heavy (non-hydrogen) atoms. The Labute approximate surface area is 167 Å². The van der Waals surface area contributed by atoms with Crippen molar-refractivity contribution in [3.63, 3.8) is 0 Å². The van der Waals surface area contributed by atoms with Gasteiger partial charge in [-0.25, -0.2) is 22.0 Å². The van der Waals surface area contributed by atoms with E-state index in [1.54, 1.807) is 6.92 Å². The molecule has 3 rings (SSSR count). The summed E-state index contributed by atoms with van der Waals surface area (Å²) >= 11 is 0. The first-order chi connectivity index (χ1) is 13.7. The third-order valence-electron chi connectivity index (χ3n) is 4.60. The Kier molecular flexibility index (Phi) is 5.81. The molecular formula is C19H18F2N4O3S. The minimum absolute atomic E-state index is 0.00897. The summed E-state index contributed by atoms with van der Waals surface area (Å²) in [6.07, 6.45) is 0. The quantitative estimate of drug-likeness (QED) is 0.826. The van der Waals surface area contributed by atoms with Gasteiger partial charge in [0, 0.05) is 31.7 Å². The van der Waals surface area contributed by atoms with Crippen molar-refractivity contribution in [1.82, 2.24) is 9.21 Å². The number of benzene rings is 2. The summed E-state index contributed by atoms with van der Waals surface area (Å²) in [6, 6.07) is 9.31. The molecule has 1 aliphatic heterocycles. The minimum atomic E-state index is -3.84. The summed E-state index contributed by atoms with van der Waals surface area (Å²) in [5.41, 5.74) is 0.0745. The van der Waals surface area contributed by atoms with Crippen LogP contribution in [0.15, 0.2) is 47.4 Å². The minimum Gasteiger partial charge on any atom is -0.322 e. The van der Waals surface area contributed by atoms with E-state index in [2.05, 4.69) is 5.32 Å². The SMILES string of the molecule is C[C@H]1CN(C(=O)Nc2ccc(F)cc2F)CCN1S(=O)(=O)c1cccc(C#N)c1. The van der Waals surface area contributed by atoms with E-state index in [-0.39, 0.29) is 35.8 Å². The molecule has 0 saturated carbocycles. The number of sulfonamides is 1. The first-order valence-corrected chi connectivity index (χ1v) is 10.2. The fraction of sp³-hybridized carbons (Fsp3) is 0.263. The Morgan fingerprint density at radius 2 is 1.97 bits per heavy atom. The number of nitriles is 1. The molecule has 7 nitrogen and oxygen atoms in total. The predicted molar refractivity (Wildman–Crippen MR) is 101 cm³/mol. The van der Waals surface area contributed by atoms with Crippen LogP contribution in [0.3, 0.4) is 0 Å². The van der Waals surface area contributed by atoms with Gasteiger partial charge in [0.15, 0.2) is 0 Å². The standard InChI is InChI=1S/C19H18F2N4O3S/c1-13-12-24(19(26)23-18-6-5-15(20)10-17(18)21)7-8-25(13)29(27,28)16-4-2-3-14(9-16)11-22/h2-6,9-10,13H,7-8,12H2,1H3,(H,23,26)/t13-/m0/s1. The molecule has 0 spiro atoms. The second-order valence-electron chi connectivity index (χ2n) is 6.60. The lowest BCUT2D eigenvalue weighted by atomic mass is 10.2. The van der Waals surface area contributed by atoms with Gasteiger partial charge in [0.2, 0.25) is 10.0 Å². The van der Waals surface area contributed by atoms with Crippen LogP contribution >= 0.6 is 0 Å². The Balaban J connectivity index is 1.71. The van der Waals surface area contributed by atoms with E-state index in [1.165, 1.54) is 33.5 Å². The van der Waals surface area contributed by atoms with Crippen LogP contribution in [0.5, 0.6) is 0 Å². The van der Waals surface area contributed by atoms with Crippen molar-refractivity contribution in [1.29, 1.82) is 5.26 Å². The molecule has 0 aromatic heterocycles. The highest BCUT2D eigenvalue weighted by atomic mass is 32.2. The molecule has 0 radical (unpaired) electrons. The van der Waals surface area contributed by atoms with Crippen molar-refractivity contribution >= 4 is 21.7 Å². The van der Waals surface area contributed by atoms with Gasteiger partial charge in [-0.3, -0.25) is 0 Å². The second-order valence-corrected chi connectivity index (χ2v) is 8.50. The summed E-state index contributed by atoms with van der Waals surface area (Å²) in [5.74, 6) is -1.65. The third-order valence-corrected chi connectivity index (χ3v) is 6.61. The molecule has 0 aliphatic carbocycles. The van der Waals surface area contributed by atoms with E-state index < -0.39 is 33.7 Å². The molecule has 1 fully saturated rings. The molecule has 1 heterocycles. The number of carbonyl (C=O) groups excluding carboxylic acids is 1. The molecule has 2 amide bonds. The number of rotatable bonds is 3. The number of anilines is 1. The van der Waals surface area contributed by atoms with Crippen LogP contribution in [0.25, 0.3) is 0 Å². The van der Waals surface area contributed by atoms with Crippen molar-refractivity contribution in [3.8, 4) is 6.07 Å². The second kappa shape index (κ2) is 8.14. The molecule has 1 atom stereocenters. The number of nitrogens with zero attached hydrogens (tertiary/aromatic N) is 3. The maximum absolute atomic E-state index is 13.7. The summed E-state index contributed by atoms with van der Waals surface area (Å²) < 4.78 is 53.8. The monoisotopic (exact) mass is 420 g/mol. The zero-order valence-electron chi connectivity index (χ0n) is 15.5. The van der Waals surface area contributed by atoms with E-state index in [1.807, 2.05) is 6.07 Å². The largest absolute Gasteiger partial charge is 0.322 e. The number of piperazine rings is 1. The van der Waals surface area contributed by atoms with Gasteiger partial charge >= 0.3 is 6.03 Å².